The van der Waals surface area contributed by atoms with Crippen molar-refractivity contribution in [3.8, 4) is 11.5 Å². The highest BCUT2D eigenvalue weighted by atomic mass is 16.5. The average Bonchev–Trinajstić information content (AvgIpc) is 2.44. The molecule has 1 aromatic rings. The Morgan fingerprint density at radius 3 is 2.50 bits per heavy atom. The third kappa shape index (κ3) is 5.41. The molecule has 114 valence electrons. The number of benzene rings is 1. The van der Waals surface area contributed by atoms with Gasteiger partial charge in [-0.25, -0.2) is 0 Å². The van der Waals surface area contributed by atoms with Crippen LogP contribution in [0.1, 0.15) is 52.1 Å². The van der Waals surface area contributed by atoms with Crippen LogP contribution in [0.3, 0.4) is 0 Å². The highest BCUT2D eigenvalue weighted by molar-refractivity contribution is 5.43. The van der Waals surface area contributed by atoms with Gasteiger partial charge in [0.2, 0.25) is 0 Å². The third-order valence-electron chi connectivity index (χ3n) is 3.34. The van der Waals surface area contributed by atoms with E-state index in [1.165, 1.54) is 5.56 Å². The van der Waals surface area contributed by atoms with Crippen LogP contribution < -0.4 is 14.8 Å². The lowest BCUT2D eigenvalue weighted by Gasteiger charge is -2.17. The highest BCUT2D eigenvalue weighted by Crippen LogP contribution is 2.30. The highest BCUT2D eigenvalue weighted by Gasteiger charge is 2.10. The van der Waals surface area contributed by atoms with Crippen molar-refractivity contribution in [2.24, 2.45) is 5.92 Å². The van der Waals surface area contributed by atoms with Gasteiger partial charge in [-0.1, -0.05) is 26.8 Å². The van der Waals surface area contributed by atoms with E-state index in [-0.39, 0.29) is 0 Å². The molecule has 0 saturated heterocycles. The lowest BCUT2D eigenvalue weighted by atomic mass is 10.1. The van der Waals surface area contributed by atoms with Gasteiger partial charge >= 0.3 is 0 Å². The van der Waals surface area contributed by atoms with Gasteiger partial charge < -0.3 is 14.8 Å². The van der Waals surface area contributed by atoms with E-state index in [9.17, 15) is 0 Å². The van der Waals surface area contributed by atoms with Crippen LogP contribution in [0, 0.1) is 5.92 Å². The van der Waals surface area contributed by atoms with Gasteiger partial charge in [-0.2, -0.15) is 0 Å². The fourth-order valence-corrected chi connectivity index (χ4v) is 1.96. The number of hydrogen-bond donors (Lipinski definition) is 1. The fraction of sp³-hybridized carbons (Fsp3) is 0.647. The molecule has 1 unspecified atom stereocenters. The molecule has 1 atom stereocenters. The maximum Gasteiger partial charge on any atom is 0.161 e. The quantitative estimate of drug-likeness (QED) is 0.735. The van der Waals surface area contributed by atoms with Crippen molar-refractivity contribution in [3.63, 3.8) is 0 Å². The summed E-state index contributed by atoms with van der Waals surface area (Å²) in [6.45, 7) is 10.5. The summed E-state index contributed by atoms with van der Waals surface area (Å²) < 4.78 is 11.3. The molecule has 0 spiro atoms. The topological polar surface area (TPSA) is 30.5 Å². The standard InChI is InChI=1S/C17H29NO2/c1-6-10-18-14(4)15-7-8-16(17(12-15)19-5)20-11-9-13(2)3/h7-8,12-14,18H,6,9-11H2,1-5H3. The number of rotatable bonds is 9. The van der Waals surface area contributed by atoms with Crippen LogP contribution in [0.15, 0.2) is 18.2 Å². The van der Waals surface area contributed by atoms with Gasteiger partial charge in [0.15, 0.2) is 11.5 Å². The minimum absolute atomic E-state index is 0.327. The van der Waals surface area contributed by atoms with Crippen LogP contribution in [0.2, 0.25) is 0 Å². The van der Waals surface area contributed by atoms with Gasteiger partial charge in [0.1, 0.15) is 0 Å². The second-order valence-electron chi connectivity index (χ2n) is 5.62. The third-order valence-corrected chi connectivity index (χ3v) is 3.34. The van der Waals surface area contributed by atoms with Crippen molar-refractivity contribution >= 4 is 0 Å². The van der Waals surface area contributed by atoms with Crippen LogP contribution in [-0.4, -0.2) is 20.3 Å². The molecule has 3 heteroatoms. The molecule has 0 aromatic heterocycles. The molecule has 0 amide bonds. The number of methoxy groups -OCH3 is 1. The average molecular weight is 279 g/mol. The van der Waals surface area contributed by atoms with Crippen LogP contribution >= 0.6 is 0 Å². The normalized spacial score (nSPS) is 12.5. The molecule has 0 saturated carbocycles. The molecule has 1 N–H and O–H groups in total. The van der Waals surface area contributed by atoms with E-state index in [4.69, 9.17) is 9.47 Å². The molecule has 0 aliphatic rings. The van der Waals surface area contributed by atoms with Crippen LogP contribution in [-0.2, 0) is 0 Å². The van der Waals surface area contributed by atoms with E-state index in [1.807, 2.05) is 6.07 Å². The molecule has 1 rings (SSSR count). The Bertz CT molecular complexity index is 391. The smallest absolute Gasteiger partial charge is 0.161 e. The zero-order chi connectivity index (χ0) is 15.0. The van der Waals surface area contributed by atoms with Crippen molar-refractivity contribution in [1.82, 2.24) is 5.32 Å². The van der Waals surface area contributed by atoms with Gasteiger partial charge in [0.05, 0.1) is 13.7 Å². The van der Waals surface area contributed by atoms with Gasteiger partial charge in [0, 0.05) is 6.04 Å². The van der Waals surface area contributed by atoms with Gasteiger partial charge in [-0.3, -0.25) is 0 Å². The molecule has 0 bridgehead atoms. The molecule has 0 fully saturated rings. The van der Waals surface area contributed by atoms with E-state index in [2.05, 4.69) is 45.1 Å². The van der Waals surface area contributed by atoms with Gasteiger partial charge in [-0.05, 0) is 49.9 Å². The zero-order valence-corrected chi connectivity index (χ0v) is 13.5. The molecule has 0 aliphatic carbocycles. The number of hydrogen-bond acceptors (Lipinski definition) is 3. The summed E-state index contributed by atoms with van der Waals surface area (Å²) in [5.41, 5.74) is 1.23. The lowest BCUT2D eigenvalue weighted by molar-refractivity contribution is 0.272. The van der Waals surface area contributed by atoms with Gasteiger partial charge in [-0.15, -0.1) is 0 Å². The summed E-state index contributed by atoms with van der Waals surface area (Å²) in [4.78, 5) is 0. The summed E-state index contributed by atoms with van der Waals surface area (Å²) in [5.74, 6) is 2.30. The molecular formula is C17H29NO2. The Kier molecular flexibility index (Phi) is 7.45. The number of ether oxygens (including phenoxy) is 2. The Morgan fingerprint density at radius 1 is 1.15 bits per heavy atom. The molecular weight excluding hydrogens is 250 g/mol. The Morgan fingerprint density at radius 2 is 1.90 bits per heavy atom. The molecule has 0 aliphatic heterocycles. The van der Waals surface area contributed by atoms with E-state index in [1.54, 1.807) is 7.11 Å². The van der Waals surface area contributed by atoms with E-state index >= 15 is 0 Å². The number of nitrogens with one attached hydrogen (secondary N) is 1. The first kappa shape index (κ1) is 16.8. The predicted molar refractivity (Wildman–Crippen MR) is 84.7 cm³/mol. The first-order chi connectivity index (χ1) is 9.58. The van der Waals surface area contributed by atoms with Crippen molar-refractivity contribution < 1.29 is 9.47 Å². The van der Waals surface area contributed by atoms with Crippen molar-refractivity contribution in [3.05, 3.63) is 23.8 Å². The monoisotopic (exact) mass is 279 g/mol. The Hall–Kier alpha value is -1.22. The molecule has 3 nitrogen and oxygen atoms in total. The second kappa shape index (κ2) is 8.85. The summed E-state index contributed by atoms with van der Waals surface area (Å²) in [7, 11) is 1.69. The summed E-state index contributed by atoms with van der Waals surface area (Å²) in [6.07, 6.45) is 2.19. The van der Waals surface area contributed by atoms with Crippen LogP contribution in [0.25, 0.3) is 0 Å². The fourth-order valence-electron chi connectivity index (χ4n) is 1.96. The largest absolute Gasteiger partial charge is 0.493 e. The molecule has 0 radical (unpaired) electrons. The van der Waals surface area contributed by atoms with E-state index < -0.39 is 0 Å². The first-order valence-electron chi connectivity index (χ1n) is 7.62. The molecule has 1 aromatic carbocycles. The zero-order valence-electron chi connectivity index (χ0n) is 13.5. The summed E-state index contributed by atoms with van der Waals surface area (Å²) in [5, 5.41) is 3.48. The predicted octanol–water partition coefficient (Wildman–Crippen LogP) is 4.18. The van der Waals surface area contributed by atoms with E-state index in [0.717, 1.165) is 37.5 Å². The molecule has 0 heterocycles. The van der Waals surface area contributed by atoms with Crippen molar-refractivity contribution in [1.29, 1.82) is 0 Å². The minimum Gasteiger partial charge on any atom is -0.493 e. The Balaban J connectivity index is 2.69. The first-order valence-corrected chi connectivity index (χ1v) is 7.62. The maximum absolute atomic E-state index is 5.81. The lowest BCUT2D eigenvalue weighted by Crippen LogP contribution is -2.19. The van der Waals surface area contributed by atoms with Crippen molar-refractivity contribution in [2.75, 3.05) is 20.3 Å². The maximum atomic E-state index is 5.81. The SMILES string of the molecule is CCCNC(C)c1ccc(OCCC(C)C)c(OC)c1. The van der Waals surface area contributed by atoms with Crippen LogP contribution in [0.4, 0.5) is 0 Å². The Labute approximate surface area is 123 Å². The van der Waals surface area contributed by atoms with Gasteiger partial charge in [0.25, 0.3) is 0 Å². The van der Waals surface area contributed by atoms with E-state index in [0.29, 0.717) is 12.0 Å². The second-order valence-corrected chi connectivity index (χ2v) is 5.62. The van der Waals surface area contributed by atoms with Crippen LogP contribution in [0.5, 0.6) is 11.5 Å². The summed E-state index contributed by atoms with van der Waals surface area (Å²) >= 11 is 0. The van der Waals surface area contributed by atoms with Crippen molar-refractivity contribution in [2.45, 2.75) is 46.6 Å². The minimum atomic E-state index is 0.327. The molecule has 20 heavy (non-hydrogen) atoms. The summed E-state index contributed by atoms with van der Waals surface area (Å²) in [6, 6.07) is 6.52.